The van der Waals surface area contributed by atoms with Gasteiger partial charge in [0.05, 0.1) is 18.7 Å². The SMILES string of the molecule is CCOc1ccccc1C(=O)NCC(=O)NCc1ccc(Oc2cccc(F)c2)nc1. The predicted octanol–water partition coefficient (Wildman–Crippen LogP) is 3.46. The van der Waals surface area contributed by atoms with Crippen molar-refractivity contribution in [3.05, 3.63) is 83.8 Å². The number of benzene rings is 2. The summed E-state index contributed by atoms with van der Waals surface area (Å²) in [5, 5.41) is 5.28. The number of amides is 2. The van der Waals surface area contributed by atoms with Crippen LogP contribution in [0.2, 0.25) is 0 Å². The summed E-state index contributed by atoms with van der Waals surface area (Å²) in [6.45, 7) is 2.33. The van der Waals surface area contributed by atoms with E-state index in [-0.39, 0.29) is 24.9 Å². The lowest BCUT2D eigenvalue weighted by Crippen LogP contribution is -2.36. The highest BCUT2D eigenvalue weighted by molar-refractivity contribution is 5.98. The average molecular weight is 423 g/mol. The molecule has 0 radical (unpaired) electrons. The lowest BCUT2D eigenvalue weighted by atomic mass is 10.2. The first-order valence-corrected chi connectivity index (χ1v) is 9.70. The Morgan fingerprint density at radius 2 is 1.87 bits per heavy atom. The van der Waals surface area contributed by atoms with Crippen molar-refractivity contribution in [2.45, 2.75) is 13.5 Å². The second-order valence-electron chi connectivity index (χ2n) is 6.45. The van der Waals surface area contributed by atoms with Crippen LogP contribution < -0.4 is 20.1 Å². The molecule has 8 heteroatoms. The van der Waals surface area contributed by atoms with Crippen molar-refractivity contribution in [3.8, 4) is 17.4 Å². The smallest absolute Gasteiger partial charge is 0.255 e. The van der Waals surface area contributed by atoms with E-state index in [1.54, 1.807) is 54.7 Å². The first-order valence-electron chi connectivity index (χ1n) is 9.70. The van der Waals surface area contributed by atoms with Crippen LogP contribution in [-0.2, 0) is 11.3 Å². The molecule has 0 saturated carbocycles. The molecule has 2 aromatic carbocycles. The summed E-state index contributed by atoms with van der Waals surface area (Å²) in [6.07, 6.45) is 1.55. The monoisotopic (exact) mass is 423 g/mol. The zero-order valence-corrected chi connectivity index (χ0v) is 16.9. The molecule has 31 heavy (non-hydrogen) atoms. The Kier molecular flexibility index (Phi) is 7.53. The Hall–Kier alpha value is -3.94. The zero-order valence-electron chi connectivity index (χ0n) is 16.9. The van der Waals surface area contributed by atoms with Gasteiger partial charge in [-0.2, -0.15) is 0 Å². The van der Waals surface area contributed by atoms with E-state index in [4.69, 9.17) is 9.47 Å². The topological polar surface area (TPSA) is 89.5 Å². The number of nitrogens with one attached hydrogen (secondary N) is 2. The molecule has 0 atom stereocenters. The van der Waals surface area contributed by atoms with Crippen LogP contribution in [0.4, 0.5) is 4.39 Å². The quantitative estimate of drug-likeness (QED) is 0.550. The highest BCUT2D eigenvalue weighted by Gasteiger charge is 2.13. The summed E-state index contributed by atoms with van der Waals surface area (Å²) in [5.74, 6) is -0.0158. The second-order valence-corrected chi connectivity index (χ2v) is 6.45. The molecule has 2 amide bonds. The normalized spacial score (nSPS) is 10.3. The first kappa shape index (κ1) is 21.8. The second kappa shape index (κ2) is 10.7. The van der Waals surface area contributed by atoms with E-state index in [9.17, 15) is 14.0 Å². The van der Waals surface area contributed by atoms with Gasteiger partial charge < -0.3 is 20.1 Å². The molecule has 0 saturated heterocycles. The molecule has 3 aromatic rings. The van der Waals surface area contributed by atoms with Crippen LogP contribution in [0.15, 0.2) is 66.9 Å². The van der Waals surface area contributed by atoms with E-state index in [1.807, 2.05) is 6.92 Å². The molecule has 1 aromatic heterocycles. The van der Waals surface area contributed by atoms with Crippen molar-refractivity contribution < 1.29 is 23.5 Å². The molecule has 0 aliphatic rings. The van der Waals surface area contributed by atoms with Crippen molar-refractivity contribution in [2.75, 3.05) is 13.2 Å². The molecule has 160 valence electrons. The molecule has 0 unspecified atom stereocenters. The molecule has 7 nitrogen and oxygen atoms in total. The summed E-state index contributed by atoms with van der Waals surface area (Å²) < 4.78 is 24.1. The van der Waals surface area contributed by atoms with Gasteiger partial charge in [0, 0.05) is 24.9 Å². The Bertz CT molecular complexity index is 1040. The highest BCUT2D eigenvalue weighted by Crippen LogP contribution is 2.20. The Morgan fingerprint density at radius 1 is 1.03 bits per heavy atom. The molecule has 3 rings (SSSR count). The van der Waals surface area contributed by atoms with E-state index in [0.29, 0.717) is 29.5 Å². The van der Waals surface area contributed by atoms with Gasteiger partial charge in [0.2, 0.25) is 11.8 Å². The number of halogens is 1. The number of nitrogens with zero attached hydrogens (tertiary/aromatic N) is 1. The minimum absolute atomic E-state index is 0.173. The fourth-order valence-corrected chi connectivity index (χ4v) is 2.68. The standard InChI is InChI=1S/C23H22FN3O4/c1-2-30-20-9-4-3-8-19(20)23(29)27-15-21(28)25-13-16-10-11-22(26-14-16)31-18-7-5-6-17(24)12-18/h3-12,14H,2,13,15H2,1H3,(H,25,28)(H,27,29). The molecule has 0 aliphatic carbocycles. The molecule has 0 bridgehead atoms. The summed E-state index contributed by atoms with van der Waals surface area (Å²) in [4.78, 5) is 28.5. The molecular formula is C23H22FN3O4. The summed E-state index contributed by atoms with van der Waals surface area (Å²) >= 11 is 0. The maximum absolute atomic E-state index is 13.2. The van der Waals surface area contributed by atoms with Crippen molar-refractivity contribution in [2.24, 2.45) is 0 Å². The van der Waals surface area contributed by atoms with Gasteiger partial charge in [-0.15, -0.1) is 0 Å². The average Bonchev–Trinajstić information content (AvgIpc) is 2.77. The number of rotatable bonds is 9. The van der Waals surface area contributed by atoms with Crippen molar-refractivity contribution in [1.82, 2.24) is 15.6 Å². The number of hydrogen-bond acceptors (Lipinski definition) is 5. The van der Waals surface area contributed by atoms with E-state index in [1.165, 1.54) is 12.1 Å². The zero-order chi connectivity index (χ0) is 22.1. The van der Waals surface area contributed by atoms with Gasteiger partial charge in [-0.3, -0.25) is 9.59 Å². The van der Waals surface area contributed by atoms with Gasteiger partial charge in [0.1, 0.15) is 17.3 Å². The van der Waals surface area contributed by atoms with Crippen LogP contribution >= 0.6 is 0 Å². The highest BCUT2D eigenvalue weighted by atomic mass is 19.1. The number of hydrogen-bond donors (Lipinski definition) is 2. The minimum atomic E-state index is -0.398. The van der Waals surface area contributed by atoms with Gasteiger partial charge in [-0.25, -0.2) is 9.37 Å². The number of ether oxygens (including phenoxy) is 2. The third-order valence-corrected chi connectivity index (χ3v) is 4.15. The maximum atomic E-state index is 13.2. The van der Waals surface area contributed by atoms with Gasteiger partial charge in [-0.1, -0.05) is 24.3 Å². The number of pyridine rings is 1. The van der Waals surface area contributed by atoms with Gasteiger partial charge >= 0.3 is 0 Å². The summed E-state index contributed by atoms with van der Waals surface area (Å²) in [6, 6.07) is 16.0. The predicted molar refractivity (Wildman–Crippen MR) is 113 cm³/mol. The van der Waals surface area contributed by atoms with E-state index in [0.717, 1.165) is 5.56 Å². The minimum Gasteiger partial charge on any atom is -0.493 e. The number of carbonyl (C=O) groups is 2. The van der Waals surface area contributed by atoms with Crippen molar-refractivity contribution in [3.63, 3.8) is 0 Å². The van der Waals surface area contributed by atoms with E-state index >= 15 is 0 Å². The Morgan fingerprint density at radius 3 is 2.61 bits per heavy atom. The molecular weight excluding hydrogens is 401 g/mol. The fraction of sp³-hybridized carbons (Fsp3) is 0.174. The third kappa shape index (κ3) is 6.53. The fourth-order valence-electron chi connectivity index (χ4n) is 2.68. The number of carbonyl (C=O) groups excluding carboxylic acids is 2. The lowest BCUT2D eigenvalue weighted by molar-refractivity contribution is -0.120. The lowest BCUT2D eigenvalue weighted by Gasteiger charge is -2.11. The first-order chi connectivity index (χ1) is 15.0. The van der Waals surface area contributed by atoms with Crippen LogP contribution in [0.1, 0.15) is 22.8 Å². The summed E-state index contributed by atoms with van der Waals surface area (Å²) in [5.41, 5.74) is 1.11. The van der Waals surface area contributed by atoms with Crippen LogP contribution in [0, 0.1) is 5.82 Å². The van der Waals surface area contributed by atoms with Crippen LogP contribution in [-0.4, -0.2) is 29.9 Å². The van der Waals surface area contributed by atoms with Crippen molar-refractivity contribution >= 4 is 11.8 Å². The largest absolute Gasteiger partial charge is 0.493 e. The van der Waals surface area contributed by atoms with Gasteiger partial charge in [-0.05, 0) is 36.8 Å². The molecule has 0 spiro atoms. The number of aromatic nitrogens is 1. The van der Waals surface area contributed by atoms with Crippen LogP contribution in [0.3, 0.4) is 0 Å². The van der Waals surface area contributed by atoms with Gasteiger partial charge in [0.25, 0.3) is 5.91 Å². The van der Waals surface area contributed by atoms with Crippen LogP contribution in [0.5, 0.6) is 17.4 Å². The molecule has 1 heterocycles. The molecule has 0 aliphatic heterocycles. The third-order valence-electron chi connectivity index (χ3n) is 4.15. The van der Waals surface area contributed by atoms with E-state index in [2.05, 4.69) is 15.6 Å². The van der Waals surface area contributed by atoms with E-state index < -0.39 is 5.82 Å². The summed E-state index contributed by atoms with van der Waals surface area (Å²) in [7, 11) is 0. The van der Waals surface area contributed by atoms with Gasteiger partial charge in [0.15, 0.2) is 0 Å². The number of para-hydroxylation sites is 1. The Labute approximate surface area is 179 Å². The van der Waals surface area contributed by atoms with Crippen molar-refractivity contribution in [1.29, 1.82) is 0 Å². The van der Waals surface area contributed by atoms with Crippen LogP contribution in [0.25, 0.3) is 0 Å². The Balaban J connectivity index is 1.46. The molecule has 2 N–H and O–H groups in total. The maximum Gasteiger partial charge on any atom is 0.255 e. The molecule has 0 fully saturated rings.